The minimum atomic E-state index is -0.933. The van der Waals surface area contributed by atoms with E-state index in [9.17, 15) is 14.3 Å². The van der Waals surface area contributed by atoms with Crippen LogP contribution in [0.2, 0.25) is 0 Å². The van der Waals surface area contributed by atoms with Crippen LogP contribution < -0.4 is 5.32 Å². The van der Waals surface area contributed by atoms with Crippen molar-refractivity contribution in [3.05, 3.63) is 28.5 Å². The topological polar surface area (TPSA) is 69.6 Å². The Morgan fingerprint density at radius 2 is 2.10 bits per heavy atom. The van der Waals surface area contributed by atoms with Crippen LogP contribution in [0.25, 0.3) is 0 Å². The molecule has 0 unspecified atom stereocenters. The van der Waals surface area contributed by atoms with Gasteiger partial charge in [0.05, 0.1) is 17.2 Å². The monoisotopic (exact) mass is 345 g/mol. The maximum atomic E-state index is 13.2. The largest absolute Gasteiger partial charge is 0.481 e. The second-order valence-corrected chi connectivity index (χ2v) is 6.17. The summed E-state index contributed by atoms with van der Waals surface area (Å²) in [5, 5.41) is 22.4. The third kappa shape index (κ3) is 3.70. The fourth-order valence-electron chi connectivity index (χ4n) is 2.47. The summed E-state index contributed by atoms with van der Waals surface area (Å²) in [6.45, 7) is 0.279. The summed E-state index contributed by atoms with van der Waals surface area (Å²) < 4.78 is 13.9. The molecule has 0 amide bonds. The SMILES string of the molecule is O=C(O)C1CCC(O)(CNc2cc(F)ccc2Br)CC1. The van der Waals surface area contributed by atoms with Gasteiger partial charge in [0.2, 0.25) is 0 Å². The molecule has 1 aromatic rings. The van der Waals surface area contributed by atoms with Gasteiger partial charge in [-0.1, -0.05) is 0 Å². The molecule has 0 saturated heterocycles. The zero-order valence-electron chi connectivity index (χ0n) is 10.9. The normalized spacial score (nSPS) is 26.2. The fourth-order valence-corrected chi connectivity index (χ4v) is 2.86. The number of halogens is 2. The molecule has 0 atom stereocenters. The predicted molar refractivity (Wildman–Crippen MR) is 77.1 cm³/mol. The van der Waals surface area contributed by atoms with Gasteiger partial charge in [-0.25, -0.2) is 4.39 Å². The van der Waals surface area contributed by atoms with Crippen LogP contribution in [0.4, 0.5) is 10.1 Å². The van der Waals surface area contributed by atoms with Gasteiger partial charge in [0.1, 0.15) is 5.82 Å². The zero-order chi connectivity index (χ0) is 14.8. The van der Waals surface area contributed by atoms with Crippen LogP contribution in [-0.4, -0.2) is 28.3 Å². The molecule has 0 radical (unpaired) electrons. The number of carbonyl (C=O) groups is 1. The number of benzene rings is 1. The number of hydrogen-bond donors (Lipinski definition) is 3. The highest BCUT2D eigenvalue weighted by molar-refractivity contribution is 9.10. The molecule has 0 aromatic heterocycles. The fraction of sp³-hybridized carbons (Fsp3) is 0.500. The van der Waals surface area contributed by atoms with Crippen LogP contribution in [0.15, 0.2) is 22.7 Å². The first-order chi connectivity index (χ1) is 9.39. The lowest BCUT2D eigenvalue weighted by Gasteiger charge is -2.35. The van der Waals surface area contributed by atoms with E-state index in [2.05, 4.69) is 21.2 Å². The van der Waals surface area contributed by atoms with Crippen molar-refractivity contribution in [2.24, 2.45) is 5.92 Å². The molecular weight excluding hydrogens is 329 g/mol. The van der Waals surface area contributed by atoms with Crippen LogP contribution in [-0.2, 0) is 4.79 Å². The standard InChI is InChI=1S/C14H17BrFNO3/c15-11-2-1-10(16)7-12(11)17-8-14(20)5-3-9(4-6-14)13(18)19/h1-2,7,9,17,20H,3-6,8H2,(H,18,19). The molecule has 0 bridgehead atoms. The maximum Gasteiger partial charge on any atom is 0.306 e. The zero-order valence-corrected chi connectivity index (χ0v) is 12.5. The molecule has 1 aromatic carbocycles. The third-order valence-corrected chi connectivity index (χ3v) is 4.49. The van der Waals surface area contributed by atoms with E-state index in [1.165, 1.54) is 12.1 Å². The van der Waals surface area contributed by atoms with E-state index >= 15 is 0 Å². The molecule has 1 aliphatic carbocycles. The molecule has 1 saturated carbocycles. The molecule has 20 heavy (non-hydrogen) atoms. The molecule has 4 nitrogen and oxygen atoms in total. The van der Waals surface area contributed by atoms with Gasteiger partial charge in [0.15, 0.2) is 0 Å². The Kier molecular flexibility index (Phi) is 4.65. The number of anilines is 1. The molecule has 110 valence electrons. The first-order valence-electron chi connectivity index (χ1n) is 6.54. The summed E-state index contributed by atoms with van der Waals surface area (Å²) in [5.74, 6) is -1.51. The molecular formula is C14H17BrFNO3. The first kappa shape index (κ1) is 15.3. The van der Waals surface area contributed by atoms with E-state index in [0.717, 1.165) is 4.47 Å². The highest BCUT2D eigenvalue weighted by Crippen LogP contribution is 2.33. The summed E-state index contributed by atoms with van der Waals surface area (Å²) in [6, 6.07) is 4.31. The van der Waals surface area contributed by atoms with Gasteiger partial charge in [-0.2, -0.15) is 0 Å². The van der Waals surface area contributed by atoms with Crippen molar-refractivity contribution >= 4 is 27.6 Å². The summed E-state index contributed by atoms with van der Waals surface area (Å²) in [4.78, 5) is 10.9. The molecule has 2 rings (SSSR count). The summed E-state index contributed by atoms with van der Waals surface area (Å²) in [7, 11) is 0. The number of nitrogens with one attached hydrogen (secondary N) is 1. The lowest BCUT2D eigenvalue weighted by atomic mass is 9.79. The van der Waals surface area contributed by atoms with E-state index in [0.29, 0.717) is 31.4 Å². The Morgan fingerprint density at radius 1 is 1.45 bits per heavy atom. The Labute approximate surface area is 125 Å². The number of carboxylic acids is 1. The highest BCUT2D eigenvalue weighted by Gasteiger charge is 2.35. The van der Waals surface area contributed by atoms with Gasteiger partial charge in [-0.05, 0) is 59.8 Å². The molecule has 6 heteroatoms. The highest BCUT2D eigenvalue weighted by atomic mass is 79.9. The maximum absolute atomic E-state index is 13.2. The van der Waals surface area contributed by atoms with E-state index in [-0.39, 0.29) is 18.3 Å². The summed E-state index contributed by atoms with van der Waals surface area (Å²) in [6.07, 6.45) is 1.81. The van der Waals surface area contributed by atoms with Crippen LogP contribution in [0.5, 0.6) is 0 Å². The molecule has 0 spiro atoms. The van der Waals surface area contributed by atoms with Gasteiger partial charge in [-0.15, -0.1) is 0 Å². The van der Waals surface area contributed by atoms with Crippen molar-refractivity contribution in [2.75, 3.05) is 11.9 Å². The van der Waals surface area contributed by atoms with E-state index < -0.39 is 11.6 Å². The second-order valence-electron chi connectivity index (χ2n) is 5.31. The Hall–Kier alpha value is -1.14. The van der Waals surface area contributed by atoms with Gasteiger partial charge in [-0.3, -0.25) is 4.79 Å². The van der Waals surface area contributed by atoms with Crippen LogP contribution in [0, 0.1) is 11.7 Å². The Morgan fingerprint density at radius 3 is 2.70 bits per heavy atom. The van der Waals surface area contributed by atoms with Crippen molar-refractivity contribution in [1.29, 1.82) is 0 Å². The van der Waals surface area contributed by atoms with Gasteiger partial charge in [0, 0.05) is 11.0 Å². The molecule has 0 aliphatic heterocycles. The average Bonchev–Trinajstić information content (AvgIpc) is 2.40. The van der Waals surface area contributed by atoms with Crippen molar-refractivity contribution in [3.8, 4) is 0 Å². The quantitative estimate of drug-likeness (QED) is 0.784. The molecule has 0 heterocycles. The number of aliphatic carboxylic acids is 1. The smallest absolute Gasteiger partial charge is 0.306 e. The number of carboxylic acid groups (broad SMARTS) is 1. The van der Waals surface area contributed by atoms with Crippen molar-refractivity contribution < 1.29 is 19.4 Å². The lowest BCUT2D eigenvalue weighted by Crippen LogP contribution is -2.41. The number of rotatable bonds is 4. The summed E-state index contributed by atoms with van der Waals surface area (Å²) >= 11 is 3.31. The van der Waals surface area contributed by atoms with Crippen molar-refractivity contribution in [2.45, 2.75) is 31.3 Å². The van der Waals surface area contributed by atoms with Crippen LogP contribution >= 0.6 is 15.9 Å². The third-order valence-electron chi connectivity index (χ3n) is 3.80. The van der Waals surface area contributed by atoms with Crippen LogP contribution in [0.1, 0.15) is 25.7 Å². The minimum absolute atomic E-state index is 0.279. The average molecular weight is 346 g/mol. The van der Waals surface area contributed by atoms with E-state index in [1.807, 2.05) is 0 Å². The van der Waals surface area contributed by atoms with Crippen molar-refractivity contribution in [3.63, 3.8) is 0 Å². The van der Waals surface area contributed by atoms with Gasteiger partial charge >= 0.3 is 5.97 Å². The first-order valence-corrected chi connectivity index (χ1v) is 7.33. The predicted octanol–water partition coefficient (Wildman–Crippen LogP) is 3.01. The molecule has 3 N–H and O–H groups in total. The van der Waals surface area contributed by atoms with E-state index in [4.69, 9.17) is 5.11 Å². The minimum Gasteiger partial charge on any atom is -0.481 e. The van der Waals surface area contributed by atoms with Crippen molar-refractivity contribution in [1.82, 2.24) is 0 Å². The molecule has 1 fully saturated rings. The lowest BCUT2D eigenvalue weighted by molar-refractivity contribution is -0.144. The van der Waals surface area contributed by atoms with E-state index in [1.54, 1.807) is 6.07 Å². The second kappa shape index (κ2) is 6.10. The number of hydrogen-bond acceptors (Lipinski definition) is 3. The Balaban J connectivity index is 1.94. The van der Waals surface area contributed by atoms with Crippen LogP contribution in [0.3, 0.4) is 0 Å². The number of aliphatic hydroxyl groups is 1. The van der Waals surface area contributed by atoms with Gasteiger partial charge < -0.3 is 15.5 Å². The van der Waals surface area contributed by atoms with Gasteiger partial charge in [0.25, 0.3) is 0 Å². The summed E-state index contributed by atoms with van der Waals surface area (Å²) in [5.41, 5.74) is -0.351. The molecule has 1 aliphatic rings. The Bertz CT molecular complexity index is 501.